The Kier molecular flexibility index (Phi) is 4.91. The maximum atomic E-state index is 4.47. The van der Waals surface area contributed by atoms with Crippen LogP contribution in [0.4, 0.5) is 0 Å². The highest BCUT2D eigenvalue weighted by Crippen LogP contribution is 2.22. The van der Waals surface area contributed by atoms with Gasteiger partial charge in [-0.25, -0.2) is 9.67 Å². The van der Waals surface area contributed by atoms with Crippen molar-refractivity contribution in [2.24, 2.45) is 11.8 Å². The Morgan fingerprint density at radius 2 is 2.19 bits per heavy atom. The van der Waals surface area contributed by atoms with Crippen molar-refractivity contribution in [2.45, 2.75) is 58.7 Å². The summed E-state index contributed by atoms with van der Waals surface area (Å²) in [4.78, 5) is 7.03. The molecule has 2 aliphatic rings. The number of rotatable bonds is 7. The molecule has 0 amide bonds. The van der Waals surface area contributed by atoms with Crippen LogP contribution in [0.2, 0.25) is 0 Å². The molecule has 1 N–H and O–H groups in total. The summed E-state index contributed by atoms with van der Waals surface area (Å²) in [5.74, 6) is 2.54. The number of likely N-dealkylation sites (tertiary alicyclic amines) is 1. The molecule has 2 heterocycles. The van der Waals surface area contributed by atoms with Crippen molar-refractivity contribution in [3.05, 3.63) is 12.2 Å². The number of hydrogen-bond donors (Lipinski definition) is 1. The lowest BCUT2D eigenvalue weighted by Gasteiger charge is -2.32. The molecule has 118 valence electrons. The summed E-state index contributed by atoms with van der Waals surface area (Å²) in [6.07, 6.45) is 7.15. The minimum Gasteiger partial charge on any atom is -0.314 e. The Hall–Kier alpha value is -0.940. The molecule has 1 unspecified atom stereocenters. The highest BCUT2D eigenvalue weighted by molar-refractivity contribution is 4.88. The fourth-order valence-electron chi connectivity index (χ4n) is 3.19. The van der Waals surface area contributed by atoms with E-state index in [0.717, 1.165) is 30.9 Å². The van der Waals surface area contributed by atoms with E-state index < -0.39 is 0 Å². The van der Waals surface area contributed by atoms with Gasteiger partial charge < -0.3 is 5.32 Å². The first-order valence-electron chi connectivity index (χ1n) is 8.53. The molecule has 1 saturated heterocycles. The topological polar surface area (TPSA) is 46.0 Å². The molecule has 0 spiro atoms. The van der Waals surface area contributed by atoms with Gasteiger partial charge in [-0.15, -0.1) is 0 Å². The Morgan fingerprint density at radius 1 is 1.33 bits per heavy atom. The third kappa shape index (κ3) is 4.51. The minimum atomic E-state index is 0.613. The summed E-state index contributed by atoms with van der Waals surface area (Å²) in [5, 5.41) is 8.06. The summed E-state index contributed by atoms with van der Waals surface area (Å²) in [6, 6.07) is 0.828. The molecular formula is C16H29N5. The van der Waals surface area contributed by atoms with Gasteiger partial charge in [-0.05, 0) is 50.6 Å². The highest BCUT2D eigenvalue weighted by atomic mass is 15.3. The van der Waals surface area contributed by atoms with Crippen molar-refractivity contribution >= 4 is 0 Å². The third-order valence-corrected chi connectivity index (χ3v) is 4.47. The largest absolute Gasteiger partial charge is 0.314 e. The van der Waals surface area contributed by atoms with Gasteiger partial charge in [-0.2, -0.15) is 5.10 Å². The number of nitrogens with one attached hydrogen (secondary N) is 1. The molecule has 1 aromatic heterocycles. The smallest absolute Gasteiger partial charge is 0.141 e. The lowest BCUT2D eigenvalue weighted by atomic mass is 9.98. The molecule has 3 rings (SSSR count). The molecule has 0 radical (unpaired) electrons. The van der Waals surface area contributed by atoms with Crippen LogP contribution < -0.4 is 5.32 Å². The first-order chi connectivity index (χ1) is 10.2. The summed E-state index contributed by atoms with van der Waals surface area (Å²) < 4.78 is 2.08. The Labute approximate surface area is 128 Å². The Morgan fingerprint density at radius 3 is 2.95 bits per heavy atom. The summed E-state index contributed by atoms with van der Waals surface area (Å²) in [6.45, 7) is 9.98. The van der Waals surface area contributed by atoms with Crippen LogP contribution in [-0.2, 0) is 13.1 Å². The van der Waals surface area contributed by atoms with Crippen LogP contribution in [0.5, 0.6) is 0 Å². The molecule has 21 heavy (non-hydrogen) atoms. The standard InChI is InChI=1S/C16H29N5/c1-13(2)9-21-16(18-12-19-21)11-20-7-3-4-14(10-20)8-17-15-5-6-15/h12-15,17H,3-11H2,1-2H3. The fourth-order valence-corrected chi connectivity index (χ4v) is 3.19. The van der Waals surface area contributed by atoms with Gasteiger partial charge in [0.15, 0.2) is 0 Å². The van der Waals surface area contributed by atoms with Crippen LogP contribution in [0.25, 0.3) is 0 Å². The van der Waals surface area contributed by atoms with Crippen molar-refractivity contribution < 1.29 is 0 Å². The normalized spacial score (nSPS) is 23.9. The van der Waals surface area contributed by atoms with Crippen LogP contribution in [0.15, 0.2) is 6.33 Å². The average Bonchev–Trinajstić information content (AvgIpc) is 3.19. The van der Waals surface area contributed by atoms with E-state index in [1.807, 2.05) is 0 Å². The number of hydrogen-bond acceptors (Lipinski definition) is 4. The number of nitrogens with zero attached hydrogens (tertiary/aromatic N) is 4. The minimum absolute atomic E-state index is 0.613. The van der Waals surface area contributed by atoms with Crippen molar-refractivity contribution in [3.63, 3.8) is 0 Å². The Bertz CT molecular complexity index is 438. The zero-order valence-corrected chi connectivity index (χ0v) is 13.5. The van der Waals surface area contributed by atoms with Gasteiger partial charge in [-0.3, -0.25) is 4.90 Å². The molecular weight excluding hydrogens is 262 g/mol. The summed E-state index contributed by atoms with van der Waals surface area (Å²) in [5.41, 5.74) is 0. The van der Waals surface area contributed by atoms with Gasteiger partial charge in [0.05, 0.1) is 6.54 Å². The quantitative estimate of drug-likeness (QED) is 0.833. The van der Waals surface area contributed by atoms with E-state index in [1.165, 1.54) is 45.3 Å². The van der Waals surface area contributed by atoms with Crippen LogP contribution in [0.1, 0.15) is 45.4 Å². The second-order valence-electron chi connectivity index (χ2n) is 7.18. The molecule has 1 aliphatic carbocycles. The molecule has 0 bridgehead atoms. The van der Waals surface area contributed by atoms with Crippen molar-refractivity contribution in [3.8, 4) is 0 Å². The summed E-state index contributed by atoms with van der Waals surface area (Å²) in [7, 11) is 0. The number of aromatic nitrogens is 3. The van der Waals surface area contributed by atoms with Crippen LogP contribution in [0, 0.1) is 11.8 Å². The third-order valence-electron chi connectivity index (χ3n) is 4.47. The van der Waals surface area contributed by atoms with E-state index in [9.17, 15) is 0 Å². The lowest BCUT2D eigenvalue weighted by molar-refractivity contribution is 0.159. The first-order valence-corrected chi connectivity index (χ1v) is 8.53. The van der Waals surface area contributed by atoms with Gasteiger partial charge in [-0.1, -0.05) is 13.8 Å². The molecule has 5 heteroatoms. The van der Waals surface area contributed by atoms with E-state index in [0.29, 0.717) is 5.92 Å². The number of piperidine rings is 1. The fraction of sp³-hybridized carbons (Fsp3) is 0.875. The zero-order valence-electron chi connectivity index (χ0n) is 13.5. The van der Waals surface area contributed by atoms with Crippen molar-refractivity contribution in [2.75, 3.05) is 19.6 Å². The predicted octanol–water partition coefficient (Wildman–Crippen LogP) is 1.90. The molecule has 5 nitrogen and oxygen atoms in total. The SMILES string of the molecule is CC(C)Cn1ncnc1CN1CCCC(CNC2CC2)C1. The molecule has 2 fully saturated rings. The van der Waals surface area contributed by atoms with Gasteiger partial charge >= 0.3 is 0 Å². The highest BCUT2D eigenvalue weighted by Gasteiger charge is 2.25. The van der Waals surface area contributed by atoms with Crippen LogP contribution in [-0.4, -0.2) is 45.3 Å². The van der Waals surface area contributed by atoms with E-state index >= 15 is 0 Å². The van der Waals surface area contributed by atoms with E-state index in [-0.39, 0.29) is 0 Å². The van der Waals surface area contributed by atoms with Crippen molar-refractivity contribution in [1.82, 2.24) is 25.0 Å². The van der Waals surface area contributed by atoms with Gasteiger partial charge in [0.1, 0.15) is 12.2 Å². The molecule has 1 saturated carbocycles. The van der Waals surface area contributed by atoms with E-state index in [1.54, 1.807) is 6.33 Å². The van der Waals surface area contributed by atoms with Crippen LogP contribution >= 0.6 is 0 Å². The summed E-state index contributed by atoms with van der Waals surface area (Å²) >= 11 is 0. The lowest BCUT2D eigenvalue weighted by Crippen LogP contribution is -2.40. The zero-order chi connectivity index (χ0) is 14.7. The molecule has 0 aromatic carbocycles. The van der Waals surface area contributed by atoms with Crippen LogP contribution in [0.3, 0.4) is 0 Å². The maximum absolute atomic E-state index is 4.47. The predicted molar refractivity (Wildman–Crippen MR) is 83.9 cm³/mol. The molecule has 1 atom stereocenters. The van der Waals surface area contributed by atoms with Crippen molar-refractivity contribution in [1.29, 1.82) is 0 Å². The molecule has 1 aliphatic heterocycles. The van der Waals surface area contributed by atoms with Gasteiger partial charge in [0.2, 0.25) is 0 Å². The second kappa shape index (κ2) is 6.88. The van der Waals surface area contributed by atoms with E-state index in [2.05, 4.69) is 38.8 Å². The average molecular weight is 291 g/mol. The first kappa shape index (κ1) is 15.0. The second-order valence-corrected chi connectivity index (χ2v) is 7.18. The van der Waals surface area contributed by atoms with E-state index in [4.69, 9.17) is 0 Å². The monoisotopic (exact) mass is 291 g/mol. The molecule has 1 aromatic rings. The van der Waals surface area contributed by atoms with Gasteiger partial charge in [0, 0.05) is 19.1 Å². The van der Waals surface area contributed by atoms with Gasteiger partial charge in [0.25, 0.3) is 0 Å². The Balaban J connectivity index is 1.50. The maximum Gasteiger partial charge on any atom is 0.141 e.